The Morgan fingerprint density at radius 2 is 1.71 bits per heavy atom. The number of urea groups is 1. The van der Waals surface area contributed by atoms with Crippen LogP contribution in [0.2, 0.25) is 0 Å². The van der Waals surface area contributed by atoms with Gasteiger partial charge in [0, 0.05) is 69.7 Å². The number of rotatable bonds is 4. The third-order valence-corrected chi connectivity index (χ3v) is 6.98. The average molecular weight is 432 g/mol. The molecule has 1 fully saturated rings. The second kappa shape index (κ2) is 9.43. The molecule has 9 heteroatoms. The van der Waals surface area contributed by atoms with E-state index in [1.165, 1.54) is 22.3 Å². The molecule has 0 saturated carbocycles. The zero-order valence-corrected chi connectivity index (χ0v) is 20.7. The van der Waals surface area contributed by atoms with E-state index in [-0.39, 0.29) is 57.4 Å². The van der Waals surface area contributed by atoms with Crippen molar-refractivity contribution in [1.29, 1.82) is 0 Å². The van der Waals surface area contributed by atoms with Crippen LogP contribution in [0.4, 0.5) is 10.5 Å². The van der Waals surface area contributed by atoms with E-state index in [1.54, 1.807) is 0 Å². The van der Waals surface area contributed by atoms with Crippen LogP contribution in [0.3, 0.4) is 0 Å². The number of benzene rings is 1. The smallest absolute Gasteiger partial charge is 0.307 e. The van der Waals surface area contributed by atoms with E-state index >= 15 is 0 Å². The van der Waals surface area contributed by atoms with Crippen molar-refractivity contribution in [2.45, 2.75) is 57.4 Å². The molecule has 1 unspecified atom stereocenters. The minimum Gasteiger partial charge on any atom is -0.307 e. The summed E-state index contributed by atoms with van der Waals surface area (Å²) in [6, 6.07) is 1.44. The molecule has 3 N–H and O–H groups in total. The quantitative estimate of drug-likeness (QED) is 0.628. The van der Waals surface area contributed by atoms with Crippen LogP contribution in [0, 0.1) is 0 Å². The van der Waals surface area contributed by atoms with Crippen molar-refractivity contribution in [1.82, 2.24) is 14.3 Å². The number of piperidine rings is 1. The van der Waals surface area contributed by atoms with Crippen LogP contribution in [0.25, 0.3) is 0 Å². The van der Waals surface area contributed by atoms with E-state index in [1.807, 2.05) is 7.05 Å². The van der Waals surface area contributed by atoms with Crippen LogP contribution in [0.15, 0.2) is 6.07 Å². The van der Waals surface area contributed by atoms with E-state index in [0.717, 1.165) is 63.6 Å². The fraction of sp³-hybridized carbons (Fsp3) is 0.632. The topological polar surface area (TPSA) is 90.5 Å². The van der Waals surface area contributed by atoms with Crippen molar-refractivity contribution in [3.63, 3.8) is 0 Å². The third-order valence-electron chi connectivity index (χ3n) is 5.88. The molecular formula is C19H28KN4O3S. The zero-order valence-electron chi connectivity index (χ0n) is 16.8. The molecule has 2 aliphatic carbocycles. The van der Waals surface area contributed by atoms with Gasteiger partial charge in [0.05, 0.1) is 0 Å². The molecule has 1 radical (unpaired) electrons. The number of aryl methyl sites for hydroxylation is 2. The van der Waals surface area contributed by atoms with Gasteiger partial charge in [-0.15, -0.1) is 0 Å². The summed E-state index contributed by atoms with van der Waals surface area (Å²) >= 11 is 0. The number of carbonyl (C=O) groups excluding carboxylic acids is 1. The summed E-state index contributed by atoms with van der Waals surface area (Å²) in [5.74, 6) is 0. The summed E-state index contributed by atoms with van der Waals surface area (Å²) < 4.78 is 29.5. The predicted molar refractivity (Wildman–Crippen MR) is 111 cm³/mol. The minimum atomic E-state index is -3.89. The fourth-order valence-electron chi connectivity index (χ4n) is 4.74. The first kappa shape index (κ1) is 22.7. The number of hydrogen-bond donors (Lipinski definition) is 3. The van der Waals surface area contributed by atoms with Gasteiger partial charge < -0.3 is 10.2 Å². The molecule has 2 amide bonds. The van der Waals surface area contributed by atoms with Crippen molar-refractivity contribution in [2.24, 2.45) is 0 Å². The monoisotopic (exact) mass is 431 g/mol. The summed E-state index contributed by atoms with van der Waals surface area (Å²) in [5.41, 5.74) is 5.83. The Kier molecular flexibility index (Phi) is 7.63. The van der Waals surface area contributed by atoms with E-state index in [4.69, 9.17) is 0 Å². The Morgan fingerprint density at radius 3 is 2.32 bits per heavy atom. The first-order chi connectivity index (χ1) is 12.9. The van der Waals surface area contributed by atoms with Crippen molar-refractivity contribution in [3.8, 4) is 0 Å². The molecule has 0 bridgehead atoms. The number of carbonyl (C=O) groups is 1. The molecule has 4 rings (SSSR count). The molecule has 0 spiro atoms. The third kappa shape index (κ3) is 5.18. The molecule has 1 aromatic carbocycles. The molecule has 1 aliphatic heterocycles. The Hall–Kier alpha value is -0.00364. The number of nitrogens with one attached hydrogen (secondary N) is 3. The maximum atomic E-state index is 12.5. The summed E-state index contributed by atoms with van der Waals surface area (Å²) in [7, 11) is -1.92. The van der Waals surface area contributed by atoms with Crippen molar-refractivity contribution >= 4 is 73.3 Å². The minimum absolute atomic E-state index is 0. The van der Waals surface area contributed by atoms with Crippen molar-refractivity contribution < 1.29 is 13.2 Å². The molecule has 1 heterocycles. The van der Waals surface area contributed by atoms with Crippen LogP contribution in [-0.4, -0.2) is 96.9 Å². The molecule has 1 aromatic rings. The summed E-state index contributed by atoms with van der Waals surface area (Å²) in [6.45, 7) is 1.62. The van der Waals surface area contributed by atoms with Gasteiger partial charge in [-0.3, -0.25) is 0 Å². The number of amides is 2. The summed E-state index contributed by atoms with van der Waals surface area (Å²) in [6.07, 6.45) is 7.86. The number of anilines is 1. The molecule has 3 aliphatic rings. The van der Waals surface area contributed by atoms with Crippen molar-refractivity contribution in [2.75, 3.05) is 25.5 Å². The molecule has 1 saturated heterocycles. The van der Waals surface area contributed by atoms with Gasteiger partial charge >= 0.3 is 16.2 Å². The van der Waals surface area contributed by atoms with E-state index < -0.39 is 16.2 Å². The molecule has 1 atom stereocenters. The van der Waals surface area contributed by atoms with Gasteiger partial charge in [-0.25, -0.2) is 9.52 Å². The van der Waals surface area contributed by atoms with Crippen LogP contribution in [-0.2, 0) is 35.9 Å². The van der Waals surface area contributed by atoms with Gasteiger partial charge in [0.2, 0.25) is 0 Å². The van der Waals surface area contributed by atoms with Gasteiger partial charge in [-0.2, -0.15) is 13.1 Å². The van der Waals surface area contributed by atoms with Crippen LogP contribution >= 0.6 is 0 Å². The first-order valence-electron chi connectivity index (χ1n) is 9.87. The maximum absolute atomic E-state index is 12.5. The van der Waals surface area contributed by atoms with Gasteiger partial charge in [0.15, 0.2) is 0 Å². The van der Waals surface area contributed by atoms with Crippen LogP contribution in [0.5, 0.6) is 0 Å². The van der Waals surface area contributed by atoms with Gasteiger partial charge in [-0.1, -0.05) is 6.07 Å². The second-order valence-corrected chi connectivity index (χ2v) is 9.46. The van der Waals surface area contributed by atoms with E-state index in [9.17, 15) is 13.2 Å². The molecular weight excluding hydrogens is 403 g/mol. The predicted octanol–water partition coefficient (Wildman–Crippen LogP) is 1.33. The Balaban J connectivity index is 0.00000225. The number of likely N-dealkylation sites (N-methyl/N-ethyl adjacent to an activating group) is 1. The standard InChI is InChI=1S/C19H28N4O3S.K/c1-23-10-4-7-15(12-23)21-27(25,26)22-19(24)20-18-16-8-2-5-13(16)11-14-6-3-9-17(14)18;/h11,15,21H,2-10,12H2,1H3,(H2,20,22,24);. The number of likely N-dealkylation sites (tertiary alicyclic amines) is 1. The summed E-state index contributed by atoms with van der Waals surface area (Å²) in [5, 5.41) is 2.87. The molecule has 149 valence electrons. The Labute approximate surface area is 210 Å². The zero-order chi connectivity index (χ0) is 19.0. The molecule has 0 aromatic heterocycles. The SMILES string of the molecule is CN1CCCC(NS(=O)(=O)NC(=O)Nc2c3c(cc4c2CCC4)CCC3)C1.[K]. The number of hydrogen-bond acceptors (Lipinski definition) is 4. The molecule has 28 heavy (non-hydrogen) atoms. The number of fused-ring (bicyclic) bond motifs is 2. The van der Waals surface area contributed by atoms with Crippen LogP contribution in [0.1, 0.15) is 47.9 Å². The van der Waals surface area contributed by atoms with Gasteiger partial charge in [0.1, 0.15) is 0 Å². The molecule has 7 nitrogen and oxygen atoms in total. The first-order valence-corrected chi connectivity index (χ1v) is 11.4. The maximum Gasteiger partial charge on any atom is 0.333 e. The fourth-order valence-corrected chi connectivity index (χ4v) is 5.72. The van der Waals surface area contributed by atoms with E-state index in [0.29, 0.717) is 6.54 Å². The van der Waals surface area contributed by atoms with E-state index in [2.05, 4.69) is 25.7 Å². The Morgan fingerprint density at radius 1 is 1.07 bits per heavy atom. The number of nitrogens with zero attached hydrogens (tertiary/aromatic N) is 1. The van der Waals surface area contributed by atoms with Crippen molar-refractivity contribution in [3.05, 3.63) is 28.3 Å². The van der Waals surface area contributed by atoms with Gasteiger partial charge in [-0.05, 0) is 87.2 Å². The summed E-state index contributed by atoms with van der Waals surface area (Å²) in [4.78, 5) is 14.6. The largest absolute Gasteiger partial charge is 0.333 e. The van der Waals surface area contributed by atoms with Crippen LogP contribution < -0.4 is 14.8 Å². The average Bonchev–Trinajstić information content (AvgIpc) is 3.22. The Bertz CT molecular complexity index is 827. The second-order valence-electron chi connectivity index (χ2n) is 8.01. The normalized spacial score (nSPS) is 21.5. The van der Waals surface area contributed by atoms with Gasteiger partial charge in [0.25, 0.3) is 0 Å².